The molecule has 26 heavy (non-hydrogen) atoms. The van der Waals surface area contributed by atoms with E-state index in [4.69, 9.17) is 9.84 Å². The van der Waals surface area contributed by atoms with E-state index in [1.807, 2.05) is 78.6 Å². The Hall–Kier alpha value is -2.92. The first-order valence-corrected chi connectivity index (χ1v) is 8.84. The molecule has 0 N–H and O–H groups in total. The lowest BCUT2D eigenvalue weighted by Gasteiger charge is -2.31. The summed E-state index contributed by atoms with van der Waals surface area (Å²) in [5.41, 5.74) is 3.23. The first-order chi connectivity index (χ1) is 12.7. The minimum atomic E-state index is -0.0151. The smallest absolute Gasteiger partial charge is 0.272 e. The van der Waals surface area contributed by atoms with Gasteiger partial charge in [0.05, 0.1) is 24.1 Å². The maximum absolute atomic E-state index is 13.2. The minimum Gasteiger partial charge on any atom is -0.375 e. The zero-order chi connectivity index (χ0) is 17.9. The van der Waals surface area contributed by atoms with Crippen LogP contribution in [0.5, 0.6) is 0 Å². The van der Waals surface area contributed by atoms with Crippen LogP contribution in [0.4, 0.5) is 0 Å². The topological polar surface area (TPSA) is 47.4 Å². The molecule has 1 saturated heterocycles. The predicted octanol–water partition coefficient (Wildman–Crippen LogP) is 3.40. The second-order valence-corrected chi connectivity index (χ2v) is 6.46. The van der Waals surface area contributed by atoms with Gasteiger partial charge in [-0.15, -0.1) is 0 Å². The van der Waals surface area contributed by atoms with E-state index < -0.39 is 0 Å². The molecule has 1 aliphatic heterocycles. The molecule has 1 amide bonds. The highest BCUT2D eigenvalue weighted by Gasteiger charge is 2.26. The van der Waals surface area contributed by atoms with Crippen LogP contribution in [0.25, 0.3) is 16.9 Å². The molecule has 1 aromatic heterocycles. The lowest BCUT2D eigenvalue weighted by atomic mass is 10.1. The Morgan fingerprint density at radius 3 is 2.46 bits per heavy atom. The first-order valence-electron chi connectivity index (χ1n) is 8.84. The van der Waals surface area contributed by atoms with Crippen LogP contribution in [0.2, 0.25) is 0 Å². The highest BCUT2D eigenvalue weighted by Crippen LogP contribution is 2.23. The van der Waals surface area contributed by atoms with Crippen molar-refractivity contribution in [2.24, 2.45) is 0 Å². The fraction of sp³-hybridized carbons (Fsp3) is 0.238. The highest BCUT2D eigenvalue weighted by molar-refractivity contribution is 5.94. The number of nitrogens with zero attached hydrogens (tertiary/aromatic N) is 3. The third kappa shape index (κ3) is 3.26. The van der Waals surface area contributed by atoms with Gasteiger partial charge in [-0.25, -0.2) is 4.68 Å². The molecule has 0 aliphatic carbocycles. The van der Waals surface area contributed by atoms with Crippen molar-refractivity contribution in [1.29, 1.82) is 0 Å². The van der Waals surface area contributed by atoms with Gasteiger partial charge in [0.2, 0.25) is 0 Å². The summed E-state index contributed by atoms with van der Waals surface area (Å²) in [6, 6.07) is 21.6. The molecule has 3 aromatic rings. The van der Waals surface area contributed by atoms with Gasteiger partial charge in [0, 0.05) is 18.7 Å². The zero-order valence-corrected chi connectivity index (χ0v) is 14.7. The predicted molar refractivity (Wildman–Crippen MR) is 100 cm³/mol. The third-order valence-corrected chi connectivity index (χ3v) is 4.53. The highest BCUT2D eigenvalue weighted by atomic mass is 16.5. The largest absolute Gasteiger partial charge is 0.375 e. The van der Waals surface area contributed by atoms with Crippen LogP contribution in [0, 0.1) is 0 Å². The Morgan fingerprint density at radius 1 is 1.08 bits per heavy atom. The van der Waals surface area contributed by atoms with Crippen molar-refractivity contribution in [3.8, 4) is 16.9 Å². The van der Waals surface area contributed by atoms with Crippen molar-refractivity contribution in [2.45, 2.75) is 13.0 Å². The molecule has 0 spiro atoms. The average Bonchev–Trinajstić information content (AvgIpc) is 3.14. The second kappa shape index (κ2) is 7.14. The number of morpholine rings is 1. The van der Waals surface area contributed by atoms with Gasteiger partial charge in [-0.05, 0) is 25.1 Å². The molecule has 0 saturated carbocycles. The molecule has 5 nitrogen and oxygen atoms in total. The number of rotatable bonds is 3. The van der Waals surface area contributed by atoms with Gasteiger partial charge < -0.3 is 9.64 Å². The van der Waals surface area contributed by atoms with E-state index in [-0.39, 0.29) is 12.0 Å². The Labute approximate surface area is 152 Å². The number of benzene rings is 2. The van der Waals surface area contributed by atoms with Crippen LogP contribution >= 0.6 is 0 Å². The molecule has 4 rings (SSSR count). The van der Waals surface area contributed by atoms with Crippen molar-refractivity contribution >= 4 is 5.91 Å². The number of para-hydroxylation sites is 1. The maximum atomic E-state index is 13.2. The number of carbonyl (C=O) groups is 1. The number of ether oxygens (including phenoxy) is 1. The van der Waals surface area contributed by atoms with E-state index in [9.17, 15) is 4.79 Å². The molecular formula is C21H21N3O2. The van der Waals surface area contributed by atoms with Crippen LogP contribution in [0.15, 0.2) is 66.7 Å². The summed E-state index contributed by atoms with van der Waals surface area (Å²) in [5, 5.41) is 4.72. The quantitative estimate of drug-likeness (QED) is 0.729. The van der Waals surface area contributed by atoms with E-state index in [1.165, 1.54) is 0 Å². The fourth-order valence-electron chi connectivity index (χ4n) is 3.21. The van der Waals surface area contributed by atoms with Gasteiger partial charge in [0.25, 0.3) is 5.91 Å². The summed E-state index contributed by atoms with van der Waals surface area (Å²) < 4.78 is 7.31. The molecule has 0 bridgehead atoms. The van der Waals surface area contributed by atoms with Gasteiger partial charge in [-0.1, -0.05) is 48.5 Å². The van der Waals surface area contributed by atoms with E-state index in [0.29, 0.717) is 25.4 Å². The maximum Gasteiger partial charge on any atom is 0.272 e. The van der Waals surface area contributed by atoms with Crippen LogP contribution in [-0.2, 0) is 4.74 Å². The summed E-state index contributed by atoms with van der Waals surface area (Å²) >= 11 is 0. The Bertz CT molecular complexity index is 890. The van der Waals surface area contributed by atoms with E-state index in [2.05, 4.69) is 0 Å². The molecule has 1 fully saturated rings. The monoisotopic (exact) mass is 347 g/mol. The number of carbonyl (C=O) groups excluding carboxylic acids is 1. The Balaban J connectivity index is 1.77. The fourth-order valence-corrected chi connectivity index (χ4v) is 3.21. The summed E-state index contributed by atoms with van der Waals surface area (Å²) in [4.78, 5) is 15.0. The average molecular weight is 347 g/mol. The number of hydrogen-bond donors (Lipinski definition) is 0. The molecule has 1 aliphatic rings. The summed E-state index contributed by atoms with van der Waals surface area (Å²) in [6.45, 7) is 3.75. The summed E-state index contributed by atoms with van der Waals surface area (Å²) in [5.74, 6) is -0.0151. The summed E-state index contributed by atoms with van der Waals surface area (Å²) in [7, 11) is 0. The number of amides is 1. The SMILES string of the molecule is C[C@@H]1CN(C(=O)c2cc(-c3ccccc3)nn2-c2ccccc2)CCO1. The van der Waals surface area contributed by atoms with Gasteiger partial charge in [-0.2, -0.15) is 5.10 Å². The Morgan fingerprint density at radius 2 is 1.77 bits per heavy atom. The van der Waals surface area contributed by atoms with Crippen molar-refractivity contribution in [3.05, 3.63) is 72.4 Å². The van der Waals surface area contributed by atoms with Crippen LogP contribution < -0.4 is 0 Å². The lowest BCUT2D eigenvalue weighted by Crippen LogP contribution is -2.45. The van der Waals surface area contributed by atoms with Crippen LogP contribution in [0.1, 0.15) is 17.4 Å². The van der Waals surface area contributed by atoms with Crippen molar-refractivity contribution in [2.75, 3.05) is 19.7 Å². The van der Waals surface area contributed by atoms with Crippen LogP contribution in [0.3, 0.4) is 0 Å². The van der Waals surface area contributed by atoms with Crippen molar-refractivity contribution < 1.29 is 9.53 Å². The van der Waals surface area contributed by atoms with E-state index in [1.54, 1.807) is 4.68 Å². The number of hydrogen-bond acceptors (Lipinski definition) is 3. The van der Waals surface area contributed by atoms with Crippen molar-refractivity contribution in [3.63, 3.8) is 0 Å². The normalized spacial score (nSPS) is 17.3. The summed E-state index contributed by atoms with van der Waals surface area (Å²) in [6.07, 6.45) is 0.0504. The molecule has 132 valence electrons. The molecule has 0 unspecified atom stereocenters. The van der Waals surface area contributed by atoms with Gasteiger partial charge >= 0.3 is 0 Å². The third-order valence-electron chi connectivity index (χ3n) is 4.53. The molecule has 1 atom stereocenters. The zero-order valence-electron chi connectivity index (χ0n) is 14.7. The molecule has 2 aromatic carbocycles. The van der Waals surface area contributed by atoms with Gasteiger partial charge in [0.1, 0.15) is 5.69 Å². The van der Waals surface area contributed by atoms with Gasteiger partial charge in [-0.3, -0.25) is 4.79 Å². The molecular weight excluding hydrogens is 326 g/mol. The second-order valence-electron chi connectivity index (χ2n) is 6.46. The molecule has 2 heterocycles. The van der Waals surface area contributed by atoms with E-state index in [0.717, 1.165) is 16.9 Å². The van der Waals surface area contributed by atoms with Gasteiger partial charge in [0.15, 0.2) is 0 Å². The molecule has 5 heteroatoms. The lowest BCUT2D eigenvalue weighted by molar-refractivity contribution is -0.0127. The van der Waals surface area contributed by atoms with Crippen LogP contribution in [-0.4, -0.2) is 46.4 Å². The van der Waals surface area contributed by atoms with E-state index >= 15 is 0 Å². The van der Waals surface area contributed by atoms with Crippen molar-refractivity contribution in [1.82, 2.24) is 14.7 Å². The Kier molecular flexibility index (Phi) is 4.54. The standard InChI is InChI=1S/C21H21N3O2/c1-16-15-23(12-13-26-16)21(25)20-14-19(17-8-4-2-5-9-17)22-24(20)18-10-6-3-7-11-18/h2-11,14,16H,12-13,15H2,1H3/t16-/m1/s1. The molecule has 0 radical (unpaired) electrons. The number of aromatic nitrogens is 2. The first kappa shape index (κ1) is 16.5. The minimum absolute atomic E-state index is 0.0151.